The van der Waals surface area contributed by atoms with Crippen molar-refractivity contribution in [2.24, 2.45) is 4.99 Å². The van der Waals surface area contributed by atoms with Crippen LogP contribution in [0.25, 0.3) is 10.9 Å². The first-order valence-electron chi connectivity index (χ1n) is 11.4. The minimum atomic E-state index is -0.540. The van der Waals surface area contributed by atoms with E-state index in [1.54, 1.807) is 6.20 Å². The number of nitro benzene ring substituents is 1. The molecule has 4 aromatic rings. The zero-order valence-corrected chi connectivity index (χ0v) is 19.5. The molecule has 1 fully saturated rings. The van der Waals surface area contributed by atoms with Crippen molar-refractivity contribution in [1.29, 1.82) is 0 Å². The van der Waals surface area contributed by atoms with Crippen LogP contribution in [0, 0.1) is 10.1 Å². The smallest absolute Gasteiger partial charge is 0.271 e. The maximum absolute atomic E-state index is 12.4. The molecule has 1 N–H and O–H groups in total. The molecule has 0 aliphatic carbocycles. The Labute approximate surface area is 206 Å². The Morgan fingerprint density at radius 2 is 1.86 bits per heavy atom. The molecule has 2 aromatic carbocycles. The lowest BCUT2D eigenvalue weighted by atomic mass is 10.0. The van der Waals surface area contributed by atoms with Crippen LogP contribution in [0.1, 0.15) is 22.8 Å². The third-order valence-corrected chi connectivity index (χ3v) is 6.04. The molecular weight excluding hydrogens is 462 g/mol. The number of nitro groups is 1. The molecule has 10 nitrogen and oxygen atoms in total. The number of benzene rings is 2. The van der Waals surface area contributed by atoms with Gasteiger partial charge in [0.25, 0.3) is 5.69 Å². The summed E-state index contributed by atoms with van der Waals surface area (Å²) in [6, 6.07) is 17.1. The summed E-state index contributed by atoms with van der Waals surface area (Å²) in [5, 5.41) is 23.0. The number of hydrogen-bond donors (Lipinski definition) is 1. The van der Waals surface area contributed by atoms with Crippen LogP contribution in [0.15, 0.2) is 71.9 Å². The number of carbonyl (C=O) groups is 1. The number of aromatic hydroxyl groups is 1. The van der Waals surface area contributed by atoms with Crippen molar-refractivity contribution in [3.63, 3.8) is 0 Å². The number of ether oxygens (including phenoxy) is 1. The highest BCUT2D eigenvalue weighted by atomic mass is 16.6. The molecule has 1 saturated heterocycles. The molecule has 0 atom stereocenters. The van der Waals surface area contributed by atoms with E-state index in [0.29, 0.717) is 41.1 Å². The van der Waals surface area contributed by atoms with E-state index in [1.807, 2.05) is 42.5 Å². The SMILES string of the molecule is CC(=O)n1c(O)c(C(=Nc2ccc(N3CCOCC3)nc2)c2ccccc2)c2ccc([N+](=O)[O-])cc21. The predicted molar refractivity (Wildman–Crippen MR) is 136 cm³/mol. The standard InChI is InChI=1S/C26H23N5O5/c1-17(32)30-22-15-20(31(34)35)8-9-21(22)24(26(30)33)25(18-5-3-2-4-6-18)28-19-7-10-23(27-16-19)29-11-13-36-14-12-29/h2-10,15-16,33H,11-14H2,1H3. The maximum atomic E-state index is 12.4. The Kier molecular flexibility index (Phi) is 6.17. The minimum absolute atomic E-state index is 0.185. The van der Waals surface area contributed by atoms with Gasteiger partial charge in [-0.3, -0.25) is 14.9 Å². The molecule has 0 bridgehead atoms. The lowest BCUT2D eigenvalue weighted by Crippen LogP contribution is -2.36. The topological polar surface area (TPSA) is 123 Å². The summed E-state index contributed by atoms with van der Waals surface area (Å²) in [5.74, 6) is 0.00791. The first-order chi connectivity index (χ1) is 17.4. The van der Waals surface area contributed by atoms with Gasteiger partial charge in [0.15, 0.2) is 0 Å². The van der Waals surface area contributed by atoms with E-state index < -0.39 is 10.8 Å². The molecule has 0 spiro atoms. The number of hydrogen-bond acceptors (Lipinski definition) is 8. The summed E-state index contributed by atoms with van der Waals surface area (Å²) >= 11 is 0. The number of nitrogens with zero attached hydrogens (tertiary/aromatic N) is 5. The number of morpholine rings is 1. The molecule has 0 unspecified atom stereocenters. The second-order valence-electron chi connectivity index (χ2n) is 8.31. The van der Waals surface area contributed by atoms with Crippen LogP contribution in [0.5, 0.6) is 5.88 Å². The van der Waals surface area contributed by atoms with Gasteiger partial charge in [-0.25, -0.2) is 14.5 Å². The van der Waals surface area contributed by atoms with Crippen LogP contribution in [0.2, 0.25) is 0 Å². The van der Waals surface area contributed by atoms with Gasteiger partial charge in [0, 0.05) is 43.1 Å². The highest BCUT2D eigenvalue weighted by Crippen LogP contribution is 2.36. The lowest BCUT2D eigenvalue weighted by molar-refractivity contribution is -0.384. The van der Waals surface area contributed by atoms with E-state index in [1.165, 1.54) is 25.1 Å². The Morgan fingerprint density at radius 1 is 1.11 bits per heavy atom. The van der Waals surface area contributed by atoms with E-state index in [4.69, 9.17) is 9.73 Å². The Balaban J connectivity index is 1.68. The van der Waals surface area contributed by atoms with Crippen LogP contribution < -0.4 is 4.90 Å². The Morgan fingerprint density at radius 3 is 2.50 bits per heavy atom. The predicted octanol–water partition coefficient (Wildman–Crippen LogP) is 4.32. The van der Waals surface area contributed by atoms with Gasteiger partial charge in [0.1, 0.15) is 5.82 Å². The third kappa shape index (κ3) is 4.29. The molecule has 1 aliphatic rings. The van der Waals surface area contributed by atoms with E-state index in [9.17, 15) is 20.0 Å². The fourth-order valence-electron chi connectivity index (χ4n) is 4.34. The number of aromatic nitrogens is 2. The van der Waals surface area contributed by atoms with Gasteiger partial charge in [0.2, 0.25) is 11.8 Å². The van der Waals surface area contributed by atoms with Gasteiger partial charge in [-0.2, -0.15) is 0 Å². The summed E-state index contributed by atoms with van der Waals surface area (Å²) in [5.41, 5.74) is 2.01. The normalized spacial score (nSPS) is 14.2. The van der Waals surface area contributed by atoms with Gasteiger partial charge >= 0.3 is 0 Å². The van der Waals surface area contributed by atoms with Crippen molar-refractivity contribution in [3.05, 3.63) is 88.1 Å². The average molecular weight is 486 g/mol. The van der Waals surface area contributed by atoms with Crippen LogP contribution in [0.3, 0.4) is 0 Å². The van der Waals surface area contributed by atoms with Crippen molar-refractivity contribution in [2.75, 3.05) is 31.2 Å². The van der Waals surface area contributed by atoms with Crippen molar-refractivity contribution >= 4 is 39.7 Å². The number of rotatable bonds is 5. The molecule has 3 heterocycles. The van der Waals surface area contributed by atoms with Crippen LogP contribution >= 0.6 is 0 Å². The highest BCUT2D eigenvalue weighted by molar-refractivity contribution is 6.23. The Hall–Kier alpha value is -4.57. The molecule has 36 heavy (non-hydrogen) atoms. The van der Waals surface area contributed by atoms with Gasteiger partial charge in [-0.15, -0.1) is 0 Å². The zero-order chi connectivity index (χ0) is 25.2. The largest absolute Gasteiger partial charge is 0.494 e. The molecule has 182 valence electrons. The Bertz CT molecular complexity index is 1470. The second-order valence-corrected chi connectivity index (χ2v) is 8.31. The molecular formula is C26H23N5O5. The second kappa shape index (κ2) is 9.59. The van der Waals surface area contributed by atoms with Crippen LogP contribution in [-0.4, -0.2) is 57.5 Å². The molecule has 0 saturated carbocycles. The summed E-state index contributed by atoms with van der Waals surface area (Å²) in [6.45, 7) is 4.11. The van der Waals surface area contributed by atoms with Gasteiger partial charge < -0.3 is 14.7 Å². The van der Waals surface area contributed by atoms with Crippen LogP contribution in [0.4, 0.5) is 17.2 Å². The van der Waals surface area contributed by atoms with Gasteiger partial charge in [-0.1, -0.05) is 30.3 Å². The molecule has 5 rings (SSSR count). The number of pyridine rings is 1. The van der Waals surface area contributed by atoms with E-state index in [-0.39, 0.29) is 17.1 Å². The highest BCUT2D eigenvalue weighted by Gasteiger charge is 2.25. The molecule has 1 aliphatic heterocycles. The number of anilines is 1. The summed E-state index contributed by atoms with van der Waals surface area (Å²) < 4.78 is 6.47. The third-order valence-electron chi connectivity index (χ3n) is 6.04. The quantitative estimate of drug-likeness (QED) is 0.254. The average Bonchev–Trinajstić information content (AvgIpc) is 3.19. The summed E-state index contributed by atoms with van der Waals surface area (Å²) in [6.07, 6.45) is 1.65. The fourth-order valence-corrected chi connectivity index (χ4v) is 4.34. The van der Waals surface area contributed by atoms with Gasteiger partial charge in [0.05, 0.1) is 46.8 Å². The van der Waals surface area contributed by atoms with E-state index >= 15 is 0 Å². The number of carbonyl (C=O) groups excluding carboxylic acids is 1. The monoisotopic (exact) mass is 485 g/mol. The van der Waals surface area contributed by atoms with Gasteiger partial charge in [-0.05, 0) is 18.2 Å². The molecule has 0 amide bonds. The maximum Gasteiger partial charge on any atom is 0.271 e. The molecule has 2 aromatic heterocycles. The summed E-state index contributed by atoms with van der Waals surface area (Å²) in [7, 11) is 0. The molecule has 0 radical (unpaired) electrons. The lowest BCUT2D eigenvalue weighted by Gasteiger charge is -2.27. The van der Waals surface area contributed by atoms with E-state index in [2.05, 4.69) is 9.88 Å². The first-order valence-corrected chi connectivity index (χ1v) is 11.4. The minimum Gasteiger partial charge on any atom is -0.494 e. The zero-order valence-electron chi connectivity index (χ0n) is 19.5. The number of aliphatic imine (C=N–C) groups is 1. The van der Waals surface area contributed by atoms with Crippen LogP contribution in [-0.2, 0) is 4.74 Å². The van der Waals surface area contributed by atoms with Crippen molar-refractivity contribution in [1.82, 2.24) is 9.55 Å². The number of fused-ring (bicyclic) bond motifs is 1. The fraction of sp³-hybridized carbons (Fsp3) is 0.192. The van der Waals surface area contributed by atoms with Crippen molar-refractivity contribution < 1.29 is 19.6 Å². The van der Waals surface area contributed by atoms with Crippen molar-refractivity contribution in [3.8, 4) is 5.88 Å². The first kappa shape index (κ1) is 23.2. The number of non-ortho nitro benzene ring substituents is 1. The van der Waals surface area contributed by atoms with Crippen molar-refractivity contribution in [2.45, 2.75) is 6.92 Å². The van der Waals surface area contributed by atoms with E-state index in [0.717, 1.165) is 23.5 Å². The summed E-state index contributed by atoms with van der Waals surface area (Å²) in [4.78, 5) is 34.8. The molecule has 10 heteroatoms.